The second-order valence-corrected chi connectivity index (χ2v) is 10.7. The van der Waals surface area contributed by atoms with E-state index in [-0.39, 0.29) is 11.6 Å². The Hall–Kier alpha value is -3.34. The lowest BCUT2D eigenvalue weighted by Crippen LogP contribution is -2.05. The third-order valence-electron chi connectivity index (χ3n) is 7.18. The van der Waals surface area contributed by atoms with E-state index in [1.54, 1.807) is 6.92 Å². The van der Waals surface area contributed by atoms with Crippen molar-refractivity contribution >= 4 is 16.9 Å². The molecule has 3 rings (SSSR count). The summed E-state index contributed by atoms with van der Waals surface area (Å²) in [5.41, 5.74) is 3.46. The van der Waals surface area contributed by atoms with Crippen LogP contribution in [0.5, 0.6) is 5.75 Å². The minimum absolute atomic E-state index is 0.292. The summed E-state index contributed by atoms with van der Waals surface area (Å²) in [4.78, 5) is 24.0. The van der Waals surface area contributed by atoms with Crippen LogP contribution >= 0.6 is 0 Å². The van der Waals surface area contributed by atoms with Crippen molar-refractivity contribution in [3.05, 3.63) is 76.7 Å². The fraction of sp³-hybridized carbons (Fsp3) is 0.486. The Morgan fingerprint density at radius 2 is 1.45 bits per heavy atom. The van der Waals surface area contributed by atoms with E-state index in [1.165, 1.54) is 56.9 Å². The van der Waals surface area contributed by atoms with E-state index in [0.29, 0.717) is 29.9 Å². The highest BCUT2D eigenvalue weighted by molar-refractivity contribution is 5.86. The van der Waals surface area contributed by atoms with E-state index in [0.717, 1.165) is 48.8 Å². The van der Waals surface area contributed by atoms with E-state index in [2.05, 4.69) is 25.6 Å². The van der Waals surface area contributed by atoms with Crippen molar-refractivity contribution in [1.82, 2.24) is 0 Å². The molecule has 0 unspecified atom stereocenters. The van der Waals surface area contributed by atoms with Gasteiger partial charge < -0.3 is 13.9 Å². The van der Waals surface area contributed by atoms with Gasteiger partial charge in [-0.05, 0) is 61.9 Å². The highest BCUT2D eigenvalue weighted by atomic mass is 16.5. The number of aryl methyl sites for hydroxylation is 1. The molecule has 1 heterocycles. The molecule has 0 amide bonds. The fourth-order valence-corrected chi connectivity index (χ4v) is 4.73. The van der Waals surface area contributed by atoms with Crippen molar-refractivity contribution in [3.8, 4) is 16.9 Å². The van der Waals surface area contributed by atoms with Gasteiger partial charge in [-0.1, -0.05) is 95.6 Å². The summed E-state index contributed by atoms with van der Waals surface area (Å²) >= 11 is 0. The summed E-state index contributed by atoms with van der Waals surface area (Å²) in [5.74, 6) is 0.439. The van der Waals surface area contributed by atoms with Gasteiger partial charge in [0.2, 0.25) is 0 Å². The minimum atomic E-state index is -0.324. The van der Waals surface area contributed by atoms with Gasteiger partial charge >= 0.3 is 11.6 Å². The number of ether oxygens (including phenoxy) is 2. The molecule has 0 spiro atoms. The maximum atomic E-state index is 12.7. The van der Waals surface area contributed by atoms with Crippen molar-refractivity contribution in [2.45, 2.75) is 97.3 Å². The van der Waals surface area contributed by atoms with Gasteiger partial charge in [0.15, 0.2) is 0 Å². The number of unbranched alkanes of at least 4 members (excludes halogenated alkanes) is 10. The van der Waals surface area contributed by atoms with Crippen LogP contribution in [-0.4, -0.2) is 19.2 Å². The van der Waals surface area contributed by atoms with Gasteiger partial charge in [0.05, 0.1) is 18.8 Å². The van der Waals surface area contributed by atoms with Crippen LogP contribution in [-0.2, 0) is 16.0 Å². The van der Waals surface area contributed by atoms with Gasteiger partial charge in [-0.3, -0.25) is 0 Å². The largest absolute Gasteiger partial charge is 0.493 e. The van der Waals surface area contributed by atoms with E-state index in [4.69, 9.17) is 13.9 Å². The second kappa shape index (κ2) is 17.4. The maximum absolute atomic E-state index is 12.7. The number of rotatable bonds is 19. The zero-order valence-electron chi connectivity index (χ0n) is 24.5. The predicted octanol–water partition coefficient (Wildman–Crippen LogP) is 9.20. The van der Waals surface area contributed by atoms with E-state index >= 15 is 0 Å². The smallest absolute Gasteiger partial charge is 0.344 e. The van der Waals surface area contributed by atoms with Gasteiger partial charge in [-0.25, -0.2) is 9.59 Å². The number of hydrogen-bond donors (Lipinski definition) is 0. The molecule has 0 fully saturated rings. The normalized spacial score (nSPS) is 11.1. The minimum Gasteiger partial charge on any atom is -0.493 e. The lowest BCUT2D eigenvalue weighted by atomic mass is 10.0. The van der Waals surface area contributed by atoms with Crippen LogP contribution in [0.3, 0.4) is 0 Å². The first-order valence-corrected chi connectivity index (χ1v) is 15.1. The standard InChI is InChI=1S/C35H46O5/c1-4-5-13-16-28-17-19-29(20-18-28)32-25-30-21-22-31(26-33(30)40-35(32)37)38-23-14-11-9-7-6-8-10-12-15-24-39-34(36)27(2)3/h17-22,25-26H,2,4-16,23-24H2,1,3H3. The monoisotopic (exact) mass is 546 g/mol. The number of esters is 1. The third kappa shape index (κ3) is 10.7. The van der Waals surface area contributed by atoms with Crippen molar-refractivity contribution in [3.63, 3.8) is 0 Å². The molecule has 0 bridgehead atoms. The van der Waals surface area contributed by atoms with E-state index < -0.39 is 0 Å². The van der Waals surface area contributed by atoms with Crippen molar-refractivity contribution in [1.29, 1.82) is 0 Å². The highest BCUT2D eigenvalue weighted by Crippen LogP contribution is 2.25. The number of carbonyl (C=O) groups is 1. The third-order valence-corrected chi connectivity index (χ3v) is 7.18. The Balaban J connectivity index is 1.32. The molecule has 0 aliphatic carbocycles. The molecule has 5 nitrogen and oxygen atoms in total. The van der Waals surface area contributed by atoms with Crippen molar-refractivity contribution in [2.24, 2.45) is 0 Å². The first-order chi connectivity index (χ1) is 19.5. The second-order valence-electron chi connectivity index (χ2n) is 10.7. The molecule has 0 atom stereocenters. The Labute approximate surface area is 239 Å². The predicted molar refractivity (Wildman–Crippen MR) is 164 cm³/mol. The van der Waals surface area contributed by atoms with Crippen LogP contribution in [0.15, 0.2) is 69.9 Å². The topological polar surface area (TPSA) is 65.7 Å². The van der Waals surface area contributed by atoms with Crippen LogP contribution in [0.4, 0.5) is 0 Å². The average molecular weight is 547 g/mol. The highest BCUT2D eigenvalue weighted by Gasteiger charge is 2.09. The van der Waals surface area contributed by atoms with Crippen LogP contribution in [0.25, 0.3) is 22.1 Å². The Morgan fingerprint density at radius 3 is 2.10 bits per heavy atom. The lowest BCUT2D eigenvalue weighted by Gasteiger charge is -2.08. The Morgan fingerprint density at radius 1 is 0.800 bits per heavy atom. The summed E-state index contributed by atoms with van der Waals surface area (Å²) in [6.07, 6.45) is 14.9. The van der Waals surface area contributed by atoms with E-state index in [1.807, 2.05) is 36.4 Å². The van der Waals surface area contributed by atoms with Gasteiger partial charge in [-0.15, -0.1) is 0 Å². The lowest BCUT2D eigenvalue weighted by molar-refractivity contribution is -0.139. The average Bonchev–Trinajstić information content (AvgIpc) is 2.95. The van der Waals surface area contributed by atoms with Gasteiger partial charge in [0, 0.05) is 17.0 Å². The van der Waals surface area contributed by atoms with Crippen LogP contribution in [0, 0.1) is 0 Å². The molecule has 0 N–H and O–H groups in total. The zero-order chi connectivity index (χ0) is 28.6. The zero-order valence-corrected chi connectivity index (χ0v) is 24.5. The molecule has 1 aromatic heterocycles. The SMILES string of the molecule is C=C(C)C(=O)OCCCCCCCCCCCOc1ccc2cc(-c3ccc(CCCCC)cc3)c(=O)oc2c1. The molecule has 0 radical (unpaired) electrons. The quantitative estimate of drug-likeness (QED) is 0.0649. The van der Waals surface area contributed by atoms with Crippen LogP contribution in [0.2, 0.25) is 0 Å². The summed E-state index contributed by atoms with van der Waals surface area (Å²) < 4.78 is 16.7. The fourth-order valence-electron chi connectivity index (χ4n) is 4.73. The molecular weight excluding hydrogens is 500 g/mol. The number of carbonyl (C=O) groups excluding carboxylic acids is 1. The Bertz CT molecular complexity index is 1260. The van der Waals surface area contributed by atoms with Crippen LogP contribution in [0.1, 0.15) is 96.5 Å². The van der Waals surface area contributed by atoms with Gasteiger partial charge in [0.1, 0.15) is 11.3 Å². The van der Waals surface area contributed by atoms with Crippen LogP contribution < -0.4 is 10.4 Å². The molecule has 2 aromatic carbocycles. The summed E-state index contributed by atoms with van der Waals surface area (Å²) in [6.45, 7) is 8.61. The molecule has 0 saturated carbocycles. The van der Waals surface area contributed by atoms with Gasteiger partial charge in [-0.2, -0.15) is 0 Å². The number of fused-ring (bicyclic) bond motifs is 1. The molecular formula is C35H46O5. The molecule has 5 heteroatoms. The summed E-state index contributed by atoms with van der Waals surface area (Å²) in [6, 6.07) is 15.9. The molecule has 0 aliphatic heterocycles. The number of hydrogen-bond acceptors (Lipinski definition) is 5. The first kappa shape index (κ1) is 31.2. The summed E-state index contributed by atoms with van der Waals surface area (Å²) in [7, 11) is 0. The van der Waals surface area contributed by atoms with E-state index in [9.17, 15) is 9.59 Å². The van der Waals surface area contributed by atoms with Gasteiger partial charge in [0.25, 0.3) is 0 Å². The van der Waals surface area contributed by atoms with Crippen molar-refractivity contribution < 1.29 is 18.7 Å². The molecule has 3 aromatic rings. The molecule has 0 aliphatic rings. The van der Waals surface area contributed by atoms with Crippen molar-refractivity contribution in [2.75, 3.05) is 13.2 Å². The molecule has 40 heavy (non-hydrogen) atoms. The molecule has 216 valence electrons. The number of benzene rings is 2. The summed E-state index contributed by atoms with van der Waals surface area (Å²) in [5, 5.41) is 0.891. The first-order valence-electron chi connectivity index (χ1n) is 15.1. The molecule has 0 saturated heterocycles. The maximum Gasteiger partial charge on any atom is 0.344 e. The Kier molecular flexibility index (Phi) is 13.5.